The van der Waals surface area contributed by atoms with E-state index in [2.05, 4.69) is 13.8 Å². The molecule has 2 rings (SSSR count). The number of benzene rings is 1. The molecule has 134 valence electrons. The van der Waals surface area contributed by atoms with Gasteiger partial charge in [-0.25, -0.2) is 0 Å². The Morgan fingerprint density at radius 1 is 1.29 bits per heavy atom. The molecule has 1 N–H and O–H groups in total. The van der Waals surface area contributed by atoms with Crippen molar-refractivity contribution in [2.75, 3.05) is 39.9 Å². The van der Waals surface area contributed by atoms with E-state index in [4.69, 9.17) is 4.74 Å². The van der Waals surface area contributed by atoms with Gasteiger partial charge in [-0.15, -0.1) is 0 Å². The van der Waals surface area contributed by atoms with Crippen molar-refractivity contribution in [3.05, 3.63) is 29.8 Å². The van der Waals surface area contributed by atoms with Crippen molar-refractivity contribution in [3.8, 4) is 5.75 Å². The van der Waals surface area contributed by atoms with Crippen LogP contribution in [0.25, 0.3) is 0 Å². The number of likely N-dealkylation sites (tertiary alicyclic amines) is 1. The minimum Gasteiger partial charge on any atom is -0.496 e. The Balaban J connectivity index is 2.01. The van der Waals surface area contributed by atoms with Gasteiger partial charge < -0.3 is 14.7 Å². The van der Waals surface area contributed by atoms with Gasteiger partial charge in [0.15, 0.2) is 0 Å². The highest BCUT2D eigenvalue weighted by atomic mass is 16.5. The van der Waals surface area contributed by atoms with Crippen LogP contribution in [0.5, 0.6) is 5.75 Å². The van der Waals surface area contributed by atoms with Crippen LogP contribution >= 0.6 is 0 Å². The SMILES string of the molecule is COc1ccccc1CN(CCO)CC(=O)N1CC(C)CC(C)C1. The predicted molar refractivity (Wildman–Crippen MR) is 94.9 cm³/mol. The second-order valence-corrected chi connectivity index (χ2v) is 6.99. The first-order chi connectivity index (χ1) is 11.5. The Hall–Kier alpha value is -1.59. The summed E-state index contributed by atoms with van der Waals surface area (Å²) in [6.07, 6.45) is 1.19. The molecule has 0 aromatic heterocycles. The zero-order valence-electron chi connectivity index (χ0n) is 15.1. The molecule has 1 aliphatic heterocycles. The molecule has 1 amide bonds. The monoisotopic (exact) mass is 334 g/mol. The number of piperidine rings is 1. The van der Waals surface area contributed by atoms with Gasteiger partial charge in [0.2, 0.25) is 5.91 Å². The highest BCUT2D eigenvalue weighted by Gasteiger charge is 2.26. The van der Waals surface area contributed by atoms with Crippen LogP contribution in [0, 0.1) is 11.8 Å². The minimum absolute atomic E-state index is 0.0369. The van der Waals surface area contributed by atoms with E-state index >= 15 is 0 Å². The smallest absolute Gasteiger partial charge is 0.236 e. The van der Waals surface area contributed by atoms with E-state index in [1.807, 2.05) is 34.1 Å². The van der Waals surface area contributed by atoms with Gasteiger partial charge in [0.1, 0.15) is 5.75 Å². The van der Waals surface area contributed by atoms with Crippen molar-refractivity contribution in [2.45, 2.75) is 26.8 Å². The Morgan fingerprint density at radius 2 is 1.96 bits per heavy atom. The predicted octanol–water partition coefficient (Wildman–Crippen LogP) is 1.99. The fourth-order valence-electron chi connectivity index (χ4n) is 3.59. The van der Waals surface area contributed by atoms with Crippen LogP contribution < -0.4 is 4.74 Å². The van der Waals surface area contributed by atoms with E-state index in [1.54, 1.807) is 7.11 Å². The molecule has 1 aliphatic rings. The quantitative estimate of drug-likeness (QED) is 0.829. The molecule has 1 heterocycles. The highest BCUT2D eigenvalue weighted by Crippen LogP contribution is 2.22. The molecule has 5 nitrogen and oxygen atoms in total. The maximum atomic E-state index is 12.7. The number of amides is 1. The third-order valence-corrected chi connectivity index (χ3v) is 4.58. The van der Waals surface area contributed by atoms with Crippen LogP contribution in [0.15, 0.2) is 24.3 Å². The molecule has 0 spiro atoms. The third-order valence-electron chi connectivity index (χ3n) is 4.58. The van der Waals surface area contributed by atoms with Crippen molar-refractivity contribution in [3.63, 3.8) is 0 Å². The Morgan fingerprint density at radius 3 is 2.58 bits per heavy atom. The van der Waals surface area contributed by atoms with Crippen LogP contribution in [-0.2, 0) is 11.3 Å². The average molecular weight is 334 g/mol. The summed E-state index contributed by atoms with van der Waals surface area (Å²) in [5, 5.41) is 9.35. The van der Waals surface area contributed by atoms with E-state index < -0.39 is 0 Å². The standard InChI is InChI=1S/C19H30N2O3/c1-15-10-16(2)12-21(11-15)19(23)14-20(8-9-22)13-17-6-4-5-7-18(17)24-3/h4-7,15-16,22H,8-14H2,1-3H3. The number of hydrogen-bond acceptors (Lipinski definition) is 4. The Bertz CT molecular complexity index is 525. The number of methoxy groups -OCH3 is 1. The van der Waals surface area contributed by atoms with Crippen LogP contribution in [0.3, 0.4) is 0 Å². The number of aliphatic hydroxyl groups excluding tert-OH is 1. The summed E-state index contributed by atoms with van der Waals surface area (Å²) in [6, 6.07) is 7.81. The lowest BCUT2D eigenvalue weighted by Crippen LogP contribution is -2.47. The van der Waals surface area contributed by atoms with Crippen LogP contribution in [0.4, 0.5) is 0 Å². The molecule has 2 unspecified atom stereocenters. The molecule has 1 aromatic rings. The lowest BCUT2D eigenvalue weighted by molar-refractivity contribution is -0.135. The van der Waals surface area contributed by atoms with Gasteiger partial charge in [0, 0.05) is 31.7 Å². The number of carbonyl (C=O) groups excluding carboxylic acids is 1. The lowest BCUT2D eigenvalue weighted by Gasteiger charge is -2.36. The van der Waals surface area contributed by atoms with Crippen LogP contribution in [0.2, 0.25) is 0 Å². The van der Waals surface area contributed by atoms with Crippen molar-refractivity contribution in [2.24, 2.45) is 11.8 Å². The van der Waals surface area contributed by atoms with Gasteiger partial charge >= 0.3 is 0 Å². The number of ether oxygens (including phenoxy) is 1. The molecule has 0 bridgehead atoms. The van der Waals surface area contributed by atoms with E-state index in [1.165, 1.54) is 6.42 Å². The summed E-state index contributed by atoms with van der Waals surface area (Å²) in [5.74, 6) is 2.07. The van der Waals surface area contributed by atoms with Gasteiger partial charge in [-0.1, -0.05) is 32.0 Å². The van der Waals surface area contributed by atoms with Gasteiger partial charge in [0.25, 0.3) is 0 Å². The second-order valence-electron chi connectivity index (χ2n) is 6.99. The van der Waals surface area contributed by atoms with Crippen molar-refractivity contribution in [1.29, 1.82) is 0 Å². The summed E-state index contributed by atoms with van der Waals surface area (Å²) >= 11 is 0. The van der Waals surface area contributed by atoms with E-state index in [0.29, 0.717) is 31.5 Å². The Labute approximate surface area is 145 Å². The molecule has 1 aromatic carbocycles. The number of nitrogens with zero attached hydrogens (tertiary/aromatic N) is 2. The summed E-state index contributed by atoms with van der Waals surface area (Å²) in [7, 11) is 1.65. The molecule has 2 atom stereocenters. The molecule has 0 aliphatic carbocycles. The Kier molecular flexibility index (Phi) is 7.06. The minimum atomic E-state index is 0.0369. The van der Waals surface area contributed by atoms with Crippen molar-refractivity contribution in [1.82, 2.24) is 9.80 Å². The molecule has 24 heavy (non-hydrogen) atoms. The van der Waals surface area contributed by atoms with Gasteiger partial charge in [-0.3, -0.25) is 9.69 Å². The summed E-state index contributed by atoms with van der Waals surface area (Å²) in [4.78, 5) is 16.7. The molecular formula is C19H30N2O3. The summed E-state index contributed by atoms with van der Waals surface area (Å²) < 4.78 is 5.39. The van der Waals surface area contributed by atoms with Crippen LogP contribution in [0.1, 0.15) is 25.8 Å². The second kappa shape index (κ2) is 9.04. The van der Waals surface area contributed by atoms with Crippen LogP contribution in [-0.4, -0.2) is 60.7 Å². The average Bonchev–Trinajstić information content (AvgIpc) is 2.54. The highest BCUT2D eigenvalue weighted by molar-refractivity contribution is 5.78. The zero-order valence-corrected chi connectivity index (χ0v) is 15.1. The molecule has 0 saturated carbocycles. The molecule has 5 heteroatoms. The first-order valence-corrected chi connectivity index (χ1v) is 8.76. The fraction of sp³-hybridized carbons (Fsp3) is 0.632. The van der Waals surface area contributed by atoms with Crippen molar-refractivity contribution < 1.29 is 14.6 Å². The first kappa shape index (κ1) is 18.7. The molecular weight excluding hydrogens is 304 g/mol. The normalized spacial score (nSPS) is 21.1. The fourth-order valence-corrected chi connectivity index (χ4v) is 3.59. The maximum absolute atomic E-state index is 12.7. The summed E-state index contributed by atoms with van der Waals surface area (Å²) in [6.45, 7) is 7.52. The molecule has 1 fully saturated rings. The number of hydrogen-bond donors (Lipinski definition) is 1. The van der Waals surface area contributed by atoms with E-state index in [0.717, 1.165) is 24.4 Å². The number of para-hydroxylation sites is 1. The van der Waals surface area contributed by atoms with E-state index in [-0.39, 0.29) is 12.5 Å². The lowest BCUT2D eigenvalue weighted by atomic mass is 9.92. The van der Waals surface area contributed by atoms with Gasteiger partial charge in [-0.05, 0) is 24.3 Å². The van der Waals surface area contributed by atoms with Gasteiger partial charge in [-0.2, -0.15) is 0 Å². The molecule has 1 saturated heterocycles. The van der Waals surface area contributed by atoms with Gasteiger partial charge in [0.05, 0.1) is 20.3 Å². The number of aliphatic hydroxyl groups is 1. The summed E-state index contributed by atoms with van der Waals surface area (Å²) in [5.41, 5.74) is 1.03. The largest absolute Gasteiger partial charge is 0.496 e. The number of rotatable bonds is 7. The zero-order chi connectivity index (χ0) is 17.5. The van der Waals surface area contributed by atoms with E-state index in [9.17, 15) is 9.90 Å². The van der Waals surface area contributed by atoms with Crippen molar-refractivity contribution >= 4 is 5.91 Å². The first-order valence-electron chi connectivity index (χ1n) is 8.76. The third kappa shape index (κ3) is 5.21. The maximum Gasteiger partial charge on any atom is 0.236 e. The topological polar surface area (TPSA) is 53.0 Å². The number of carbonyl (C=O) groups is 1. The molecule has 0 radical (unpaired) electrons.